The molecule has 0 amide bonds. The SMILES string of the molecule is O=S(=O)(CCN(CCCl)CCCl)N1CCCC(O)c2cc(C(F)(F)F)ccc21. The van der Waals surface area contributed by atoms with E-state index in [2.05, 4.69) is 0 Å². The Morgan fingerprint density at radius 2 is 1.82 bits per heavy atom. The molecule has 28 heavy (non-hydrogen) atoms. The number of halogens is 5. The number of fused-ring (bicyclic) bond motifs is 1. The van der Waals surface area contributed by atoms with Gasteiger partial charge in [-0.3, -0.25) is 9.21 Å². The minimum Gasteiger partial charge on any atom is -0.388 e. The fraction of sp³-hybridized carbons (Fsp3) is 0.647. The lowest BCUT2D eigenvalue weighted by molar-refractivity contribution is -0.137. The maximum absolute atomic E-state index is 13.0. The predicted molar refractivity (Wildman–Crippen MR) is 105 cm³/mol. The van der Waals surface area contributed by atoms with E-state index < -0.39 is 27.9 Å². The van der Waals surface area contributed by atoms with E-state index in [1.807, 2.05) is 4.90 Å². The number of anilines is 1. The van der Waals surface area contributed by atoms with Crippen molar-refractivity contribution in [1.29, 1.82) is 0 Å². The van der Waals surface area contributed by atoms with E-state index in [1.165, 1.54) is 0 Å². The lowest BCUT2D eigenvalue weighted by atomic mass is 10.0. The highest BCUT2D eigenvalue weighted by Crippen LogP contribution is 2.39. The second-order valence-electron chi connectivity index (χ2n) is 6.54. The average molecular weight is 463 g/mol. The molecule has 1 aliphatic rings. The van der Waals surface area contributed by atoms with Crippen LogP contribution in [0.15, 0.2) is 18.2 Å². The van der Waals surface area contributed by atoms with Crippen LogP contribution in [0.3, 0.4) is 0 Å². The standard InChI is InChI=1S/C17H23Cl2F3N2O3S/c18-5-8-23(9-6-19)10-11-28(26,27)24-7-1-2-16(25)14-12-13(17(20,21)22)3-4-15(14)24/h3-4,12,16,25H,1-2,5-11H2. The summed E-state index contributed by atoms with van der Waals surface area (Å²) in [6.07, 6.45) is -5.20. The van der Waals surface area contributed by atoms with Crippen LogP contribution < -0.4 is 4.31 Å². The zero-order valence-corrected chi connectivity index (χ0v) is 17.5. The van der Waals surface area contributed by atoms with E-state index in [-0.39, 0.29) is 36.5 Å². The van der Waals surface area contributed by atoms with Crippen LogP contribution in [-0.4, -0.2) is 62.1 Å². The van der Waals surface area contributed by atoms with Crippen molar-refractivity contribution in [3.05, 3.63) is 29.3 Å². The summed E-state index contributed by atoms with van der Waals surface area (Å²) in [5.41, 5.74) is -0.839. The molecule has 0 aliphatic carbocycles. The lowest BCUT2D eigenvalue weighted by Crippen LogP contribution is -2.39. The smallest absolute Gasteiger partial charge is 0.388 e. The van der Waals surface area contributed by atoms with Gasteiger partial charge in [0.15, 0.2) is 0 Å². The Bertz CT molecular complexity index is 757. The first kappa shape index (κ1) is 23.5. The van der Waals surface area contributed by atoms with Crippen LogP contribution >= 0.6 is 23.2 Å². The number of nitrogens with zero attached hydrogens (tertiary/aromatic N) is 2. The summed E-state index contributed by atoms with van der Waals surface area (Å²) in [5, 5.41) is 10.2. The molecule has 1 aromatic rings. The number of alkyl halides is 5. The fourth-order valence-corrected chi connectivity index (χ4v) is 5.21. The van der Waals surface area contributed by atoms with Gasteiger partial charge in [-0.25, -0.2) is 8.42 Å². The first-order valence-electron chi connectivity index (χ1n) is 8.84. The molecule has 0 aromatic heterocycles. The first-order chi connectivity index (χ1) is 13.1. The van der Waals surface area contributed by atoms with Gasteiger partial charge < -0.3 is 5.11 Å². The molecule has 0 radical (unpaired) electrons. The Labute approximate surface area is 173 Å². The van der Waals surface area contributed by atoms with Crippen molar-refractivity contribution < 1.29 is 26.7 Å². The van der Waals surface area contributed by atoms with Gasteiger partial charge in [-0.1, -0.05) is 0 Å². The Kier molecular flexibility index (Phi) is 8.27. The average Bonchev–Trinajstić information content (AvgIpc) is 2.78. The summed E-state index contributed by atoms with van der Waals surface area (Å²) < 4.78 is 66.1. The highest BCUT2D eigenvalue weighted by atomic mass is 35.5. The van der Waals surface area contributed by atoms with Crippen molar-refractivity contribution in [3.63, 3.8) is 0 Å². The number of aliphatic hydroxyl groups excluding tert-OH is 1. The Morgan fingerprint density at radius 3 is 2.39 bits per heavy atom. The third kappa shape index (κ3) is 5.89. The maximum atomic E-state index is 13.0. The van der Waals surface area contributed by atoms with Gasteiger partial charge in [0.05, 0.1) is 23.1 Å². The van der Waals surface area contributed by atoms with Crippen molar-refractivity contribution in [1.82, 2.24) is 4.90 Å². The zero-order chi connectivity index (χ0) is 20.9. The summed E-state index contributed by atoms with van der Waals surface area (Å²) in [6.45, 7) is 1.27. The number of benzene rings is 1. The summed E-state index contributed by atoms with van der Waals surface area (Å²) >= 11 is 11.4. The van der Waals surface area contributed by atoms with E-state index in [9.17, 15) is 26.7 Å². The molecule has 2 rings (SSSR count). The van der Waals surface area contributed by atoms with Crippen molar-refractivity contribution in [2.24, 2.45) is 0 Å². The van der Waals surface area contributed by atoms with Gasteiger partial charge in [-0.2, -0.15) is 13.2 Å². The van der Waals surface area contributed by atoms with Crippen LogP contribution in [0.5, 0.6) is 0 Å². The molecule has 11 heteroatoms. The molecule has 0 saturated carbocycles. The Hall–Kier alpha value is -0.740. The van der Waals surface area contributed by atoms with E-state index in [0.717, 1.165) is 22.5 Å². The maximum Gasteiger partial charge on any atom is 0.416 e. The van der Waals surface area contributed by atoms with Crippen molar-refractivity contribution in [2.45, 2.75) is 25.1 Å². The van der Waals surface area contributed by atoms with Gasteiger partial charge in [0.2, 0.25) is 10.0 Å². The van der Waals surface area contributed by atoms with Crippen molar-refractivity contribution in [2.75, 3.05) is 48.0 Å². The van der Waals surface area contributed by atoms with Crippen LogP contribution in [0, 0.1) is 0 Å². The minimum atomic E-state index is -4.58. The van der Waals surface area contributed by atoms with Gasteiger partial charge in [0.1, 0.15) is 0 Å². The summed E-state index contributed by atoms with van der Waals surface area (Å²) in [7, 11) is -3.81. The second-order valence-corrected chi connectivity index (χ2v) is 9.31. The molecule has 1 aliphatic heterocycles. The highest BCUT2D eigenvalue weighted by Gasteiger charge is 2.35. The molecule has 0 saturated heterocycles. The second kappa shape index (κ2) is 9.84. The molecule has 1 N–H and O–H groups in total. The highest BCUT2D eigenvalue weighted by molar-refractivity contribution is 7.92. The zero-order valence-electron chi connectivity index (χ0n) is 15.1. The third-order valence-corrected chi connectivity index (χ3v) is 6.71. The van der Waals surface area contributed by atoms with E-state index in [0.29, 0.717) is 31.3 Å². The molecule has 0 spiro atoms. The van der Waals surface area contributed by atoms with Crippen LogP contribution in [0.1, 0.15) is 30.1 Å². The fourth-order valence-electron chi connectivity index (χ4n) is 3.15. The van der Waals surface area contributed by atoms with Crippen LogP contribution in [0.4, 0.5) is 18.9 Å². The van der Waals surface area contributed by atoms with Gasteiger partial charge in [0, 0.05) is 43.5 Å². The topological polar surface area (TPSA) is 60.9 Å². The number of aliphatic hydroxyl groups is 1. The molecule has 1 atom stereocenters. The predicted octanol–water partition coefficient (Wildman–Crippen LogP) is 3.45. The van der Waals surface area contributed by atoms with Gasteiger partial charge in [-0.05, 0) is 31.0 Å². The van der Waals surface area contributed by atoms with E-state index >= 15 is 0 Å². The molecule has 0 fully saturated rings. The molecule has 5 nitrogen and oxygen atoms in total. The molecular formula is C17H23Cl2F3N2O3S. The molecule has 1 heterocycles. The quantitative estimate of drug-likeness (QED) is 0.601. The molecule has 160 valence electrons. The van der Waals surface area contributed by atoms with Crippen molar-refractivity contribution in [3.8, 4) is 0 Å². The lowest BCUT2D eigenvalue weighted by Gasteiger charge is -2.27. The van der Waals surface area contributed by atoms with E-state index in [1.54, 1.807) is 0 Å². The molecule has 1 aromatic carbocycles. The van der Waals surface area contributed by atoms with Gasteiger partial charge >= 0.3 is 6.18 Å². The largest absolute Gasteiger partial charge is 0.416 e. The van der Waals surface area contributed by atoms with Gasteiger partial charge in [0.25, 0.3) is 0 Å². The molecular weight excluding hydrogens is 440 g/mol. The first-order valence-corrected chi connectivity index (χ1v) is 11.5. The summed E-state index contributed by atoms with van der Waals surface area (Å²) in [6, 6.07) is 2.80. The number of hydrogen-bond donors (Lipinski definition) is 1. The van der Waals surface area contributed by atoms with Crippen LogP contribution in [-0.2, 0) is 16.2 Å². The number of rotatable bonds is 8. The van der Waals surface area contributed by atoms with Crippen LogP contribution in [0.2, 0.25) is 0 Å². The van der Waals surface area contributed by atoms with Crippen LogP contribution in [0.25, 0.3) is 0 Å². The van der Waals surface area contributed by atoms with E-state index in [4.69, 9.17) is 23.2 Å². The summed E-state index contributed by atoms with van der Waals surface area (Å²) in [4.78, 5) is 1.82. The van der Waals surface area contributed by atoms with Gasteiger partial charge in [-0.15, -0.1) is 23.2 Å². The molecule has 1 unspecified atom stereocenters. The Morgan fingerprint density at radius 1 is 1.18 bits per heavy atom. The monoisotopic (exact) mass is 462 g/mol. The third-order valence-electron chi connectivity index (χ3n) is 4.62. The number of hydrogen-bond acceptors (Lipinski definition) is 4. The normalized spacial score (nSPS) is 18.2. The number of sulfonamides is 1. The Balaban J connectivity index is 2.31. The van der Waals surface area contributed by atoms with Crippen molar-refractivity contribution >= 4 is 38.9 Å². The summed E-state index contributed by atoms with van der Waals surface area (Å²) in [5.74, 6) is 0.434. The molecule has 0 bridgehead atoms. The minimum absolute atomic E-state index is 0.0192.